The van der Waals surface area contributed by atoms with Crippen LogP contribution < -0.4 is 0 Å². The van der Waals surface area contributed by atoms with Crippen LogP contribution in [0.25, 0.3) is 0 Å². The van der Waals surface area contributed by atoms with Gasteiger partial charge in [0.05, 0.1) is 12.0 Å². The van der Waals surface area contributed by atoms with Crippen LogP contribution in [0.4, 0.5) is 0 Å². The quantitative estimate of drug-likeness (QED) is 0.803. The van der Waals surface area contributed by atoms with E-state index < -0.39 is 0 Å². The van der Waals surface area contributed by atoms with E-state index in [-0.39, 0.29) is 23.3 Å². The zero-order chi connectivity index (χ0) is 19.6. The standard InChI is InChI=1S/C23H33N3O2/c1-24-20(16-19-8-4-2-5-9-19)17-23(22(24)28)10-14-26(15-11-23)21(27)18-25-12-6-3-7-13-25/h2,4-5,8-9,20H,3,6-7,10-18H2,1H3/t20-/m0/s1. The number of likely N-dealkylation sites (tertiary alicyclic amines) is 3. The number of carbonyl (C=O) groups is 2. The second kappa shape index (κ2) is 8.24. The summed E-state index contributed by atoms with van der Waals surface area (Å²) < 4.78 is 0. The Hall–Kier alpha value is -1.88. The molecule has 0 N–H and O–H groups in total. The van der Waals surface area contributed by atoms with E-state index in [0.29, 0.717) is 6.54 Å². The zero-order valence-electron chi connectivity index (χ0n) is 17.1. The Morgan fingerprint density at radius 2 is 1.71 bits per heavy atom. The van der Waals surface area contributed by atoms with Crippen LogP contribution in [0.5, 0.6) is 0 Å². The van der Waals surface area contributed by atoms with E-state index in [1.165, 1.54) is 24.8 Å². The molecule has 5 heteroatoms. The first-order valence-corrected chi connectivity index (χ1v) is 10.9. The molecule has 3 fully saturated rings. The molecule has 1 atom stereocenters. The fourth-order valence-corrected chi connectivity index (χ4v) is 5.32. The van der Waals surface area contributed by atoms with Crippen molar-refractivity contribution >= 4 is 11.8 Å². The average Bonchev–Trinajstić information content (AvgIpc) is 2.95. The molecule has 3 aliphatic rings. The second-order valence-electron chi connectivity index (χ2n) is 8.96. The van der Waals surface area contributed by atoms with Gasteiger partial charge in [-0.05, 0) is 57.2 Å². The predicted octanol–water partition coefficient (Wildman–Crippen LogP) is 2.55. The summed E-state index contributed by atoms with van der Waals surface area (Å²) in [7, 11) is 1.96. The van der Waals surface area contributed by atoms with Crippen LogP contribution in [0.2, 0.25) is 0 Å². The SMILES string of the molecule is CN1C(=O)C2(CCN(C(=O)CN3CCCCC3)CC2)C[C@@H]1Cc1ccccc1. The fourth-order valence-electron chi connectivity index (χ4n) is 5.32. The molecule has 0 aromatic heterocycles. The molecule has 2 amide bonds. The molecule has 0 saturated carbocycles. The molecule has 3 saturated heterocycles. The van der Waals surface area contributed by atoms with Gasteiger partial charge < -0.3 is 9.80 Å². The van der Waals surface area contributed by atoms with E-state index in [9.17, 15) is 9.59 Å². The summed E-state index contributed by atoms with van der Waals surface area (Å²) >= 11 is 0. The van der Waals surface area contributed by atoms with Crippen LogP contribution in [0, 0.1) is 5.41 Å². The van der Waals surface area contributed by atoms with E-state index in [1.807, 2.05) is 22.9 Å². The molecule has 1 aromatic carbocycles. The van der Waals surface area contributed by atoms with Gasteiger partial charge in [-0.25, -0.2) is 0 Å². The van der Waals surface area contributed by atoms with Crippen molar-refractivity contribution in [3.8, 4) is 0 Å². The van der Waals surface area contributed by atoms with Crippen molar-refractivity contribution in [3.05, 3.63) is 35.9 Å². The molecule has 5 nitrogen and oxygen atoms in total. The number of likely N-dealkylation sites (N-methyl/N-ethyl adjacent to an activating group) is 1. The Balaban J connectivity index is 1.33. The van der Waals surface area contributed by atoms with Crippen molar-refractivity contribution in [2.45, 2.75) is 51.0 Å². The number of nitrogens with zero attached hydrogens (tertiary/aromatic N) is 3. The van der Waals surface area contributed by atoms with Gasteiger partial charge in [0.15, 0.2) is 0 Å². The van der Waals surface area contributed by atoms with Gasteiger partial charge in [-0.15, -0.1) is 0 Å². The Kier molecular flexibility index (Phi) is 5.72. The molecule has 1 aromatic rings. The maximum atomic E-state index is 13.1. The number of piperidine rings is 2. The van der Waals surface area contributed by atoms with Crippen molar-refractivity contribution in [1.82, 2.24) is 14.7 Å². The number of hydrogen-bond acceptors (Lipinski definition) is 3. The molecule has 3 aliphatic heterocycles. The highest BCUT2D eigenvalue weighted by Gasteiger charge is 2.51. The van der Waals surface area contributed by atoms with Crippen molar-refractivity contribution in [3.63, 3.8) is 0 Å². The summed E-state index contributed by atoms with van der Waals surface area (Å²) in [5, 5.41) is 0. The fraction of sp³-hybridized carbons (Fsp3) is 0.652. The first kappa shape index (κ1) is 19.4. The summed E-state index contributed by atoms with van der Waals surface area (Å²) in [5.74, 6) is 0.535. The van der Waals surface area contributed by atoms with Gasteiger partial charge in [0.25, 0.3) is 0 Å². The molecular weight excluding hydrogens is 350 g/mol. The molecule has 0 bridgehead atoms. The molecule has 28 heavy (non-hydrogen) atoms. The number of amides is 2. The Morgan fingerprint density at radius 3 is 2.39 bits per heavy atom. The first-order chi connectivity index (χ1) is 13.6. The summed E-state index contributed by atoms with van der Waals surface area (Å²) in [6.07, 6.45) is 7.17. The monoisotopic (exact) mass is 383 g/mol. The molecule has 4 rings (SSSR count). The topological polar surface area (TPSA) is 43.9 Å². The van der Waals surface area contributed by atoms with E-state index >= 15 is 0 Å². The van der Waals surface area contributed by atoms with Gasteiger partial charge >= 0.3 is 0 Å². The highest BCUT2D eigenvalue weighted by Crippen LogP contribution is 2.44. The maximum Gasteiger partial charge on any atom is 0.236 e. The van der Waals surface area contributed by atoms with Crippen LogP contribution in [-0.2, 0) is 16.0 Å². The lowest BCUT2D eigenvalue weighted by Crippen LogP contribution is -2.49. The van der Waals surface area contributed by atoms with Crippen LogP contribution in [-0.4, -0.2) is 72.3 Å². The number of rotatable bonds is 4. The van der Waals surface area contributed by atoms with E-state index in [0.717, 1.165) is 51.9 Å². The van der Waals surface area contributed by atoms with E-state index in [4.69, 9.17) is 0 Å². The van der Waals surface area contributed by atoms with Gasteiger partial charge in [-0.3, -0.25) is 14.5 Å². The van der Waals surface area contributed by atoms with E-state index in [1.54, 1.807) is 0 Å². The smallest absolute Gasteiger partial charge is 0.236 e. The molecule has 0 radical (unpaired) electrons. The number of hydrogen-bond donors (Lipinski definition) is 0. The van der Waals surface area contributed by atoms with Crippen molar-refractivity contribution in [2.24, 2.45) is 5.41 Å². The Morgan fingerprint density at radius 1 is 1.04 bits per heavy atom. The molecular formula is C23H33N3O2. The Bertz CT molecular complexity index is 691. The lowest BCUT2D eigenvalue weighted by Gasteiger charge is -2.38. The first-order valence-electron chi connectivity index (χ1n) is 10.9. The van der Waals surface area contributed by atoms with Crippen molar-refractivity contribution in [2.75, 3.05) is 39.8 Å². The Labute approximate surface area is 168 Å². The average molecular weight is 384 g/mol. The minimum atomic E-state index is -0.254. The maximum absolute atomic E-state index is 13.1. The minimum absolute atomic E-state index is 0.247. The number of benzene rings is 1. The summed E-state index contributed by atoms with van der Waals surface area (Å²) in [6.45, 7) is 4.11. The molecule has 0 unspecified atom stereocenters. The minimum Gasteiger partial charge on any atom is -0.342 e. The highest BCUT2D eigenvalue weighted by molar-refractivity contribution is 5.86. The molecule has 152 valence electrons. The van der Waals surface area contributed by atoms with Gasteiger partial charge in [0, 0.05) is 26.2 Å². The summed E-state index contributed by atoms with van der Waals surface area (Å²) in [4.78, 5) is 32.1. The largest absolute Gasteiger partial charge is 0.342 e. The zero-order valence-corrected chi connectivity index (χ0v) is 17.1. The van der Waals surface area contributed by atoms with E-state index in [2.05, 4.69) is 29.2 Å². The van der Waals surface area contributed by atoms with Gasteiger partial charge in [0.1, 0.15) is 0 Å². The predicted molar refractivity (Wildman–Crippen MR) is 110 cm³/mol. The lowest BCUT2D eigenvalue weighted by molar-refractivity contribution is -0.142. The second-order valence-corrected chi connectivity index (χ2v) is 8.96. The van der Waals surface area contributed by atoms with Crippen molar-refractivity contribution < 1.29 is 9.59 Å². The summed E-state index contributed by atoms with van der Waals surface area (Å²) in [6, 6.07) is 10.7. The van der Waals surface area contributed by atoms with Crippen LogP contribution >= 0.6 is 0 Å². The molecule has 1 spiro atoms. The third-order valence-corrected chi connectivity index (χ3v) is 7.14. The van der Waals surface area contributed by atoms with Crippen LogP contribution in [0.15, 0.2) is 30.3 Å². The summed E-state index contributed by atoms with van der Waals surface area (Å²) in [5.41, 5.74) is 1.04. The van der Waals surface area contributed by atoms with Gasteiger partial charge in [0.2, 0.25) is 11.8 Å². The van der Waals surface area contributed by atoms with Crippen molar-refractivity contribution in [1.29, 1.82) is 0 Å². The molecule has 3 heterocycles. The normalized spacial score (nSPS) is 25.5. The van der Waals surface area contributed by atoms with Gasteiger partial charge in [-0.2, -0.15) is 0 Å². The number of carbonyl (C=O) groups excluding carboxylic acids is 2. The lowest BCUT2D eigenvalue weighted by atomic mass is 9.75. The third-order valence-electron chi connectivity index (χ3n) is 7.14. The third kappa shape index (κ3) is 3.95. The van der Waals surface area contributed by atoms with Gasteiger partial charge in [-0.1, -0.05) is 36.8 Å². The highest BCUT2D eigenvalue weighted by atomic mass is 16.2. The molecule has 0 aliphatic carbocycles. The van der Waals surface area contributed by atoms with Crippen LogP contribution in [0.1, 0.15) is 44.1 Å². The van der Waals surface area contributed by atoms with Crippen LogP contribution in [0.3, 0.4) is 0 Å².